The molecule has 0 aliphatic rings. The van der Waals surface area contributed by atoms with E-state index in [-0.39, 0.29) is 17.0 Å². The summed E-state index contributed by atoms with van der Waals surface area (Å²) in [5.41, 5.74) is 2.03. The highest BCUT2D eigenvalue weighted by Gasteiger charge is 2.06. The van der Waals surface area contributed by atoms with Crippen LogP contribution < -0.4 is 5.43 Å². The number of benzene rings is 1. The number of carboxylic acid groups (broad SMARTS) is 1. The summed E-state index contributed by atoms with van der Waals surface area (Å²) < 4.78 is 0. The van der Waals surface area contributed by atoms with Crippen LogP contribution in [0.3, 0.4) is 0 Å². The lowest BCUT2D eigenvalue weighted by atomic mass is 10.2. The first-order valence-electron chi connectivity index (χ1n) is 4.37. The maximum absolute atomic E-state index is 11.4. The van der Waals surface area contributed by atoms with Crippen molar-refractivity contribution in [2.24, 2.45) is 5.10 Å². The molecule has 0 aliphatic carbocycles. The van der Waals surface area contributed by atoms with Crippen molar-refractivity contribution in [1.29, 1.82) is 0 Å². The van der Waals surface area contributed by atoms with Gasteiger partial charge < -0.3 is 10.2 Å². The quantitative estimate of drug-likeness (QED) is 0.514. The summed E-state index contributed by atoms with van der Waals surface area (Å²) in [4.78, 5) is 21.8. The lowest BCUT2D eigenvalue weighted by molar-refractivity contribution is -0.129. The molecule has 0 atom stereocenters. The van der Waals surface area contributed by atoms with E-state index in [0.29, 0.717) is 0 Å². The number of amides is 1. The molecule has 1 amide bonds. The minimum Gasteiger partial charge on any atom is -0.508 e. The Balaban J connectivity index is 2.74. The number of carboxylic acids is 1. The van der Waals surface area contributed by atoms with Gasteiger partial charge in [-0.25, -0.2) is 10.2 Å². The molecule has 0 aliphatic heterocycles. The number of hydrazone groups is 1. The Bertz CT molecular complexity index is 454. The van der Waals surface area contributed by atoms with Crippen molar-refractivity contribution in [3.05, 3.63) is 29.8 Å². The fourth-order valence-electron chi connectivity index (χ4n) is 0.894. The molecule has 1 aromatic rings. The topological polar surface area (TPSA) is 99.0 Å². The molecule has 0 heterocycles. The molecule has 0 unspecified atom stereocenters. The number of rotatable bonds is 3. The molecule has 84 valence electrons. The molecule has 1 aromatic carbocycles. The van der Waals surface area contributed by atoms with Gasteiger partial charge in [-0.1, -0.05) is 6.07 Å². The normalized spacial score (nSPS) is 10.9. The van der Waals surface area contributed by atoms with Crippen LogP contribution in [-0.2, 0) is 4.79 Å². The zero-order chi connectivity index (χ0) is 12.1. The van der Waals surface area contributed by atoms with Crippen LogP contribution in [0, 0.1) is 0 Å². The molecule has 3 N–H and O–H groups in total. The van der Waals surface area contributed by atoms with Gasteiger partial charge >= 0.3 is 5.97 Å². The van der Waals surface area contributed by atoms with E-state index in [1.54, 1.807) is 0 Å². The van der Waals surface area contributed by atoms with Crippen LogP contribution in [0.1, 0.15) is 17.3 Å². The van der Waals surface area contributed by atoms with Crippen LogP contribution in [0.25, 0.3) is 0 Å². The smallest absolute Gasteiger partial charge is 0.351 e. The summed E-state index contributed by atoms with van der Waals surface area (Å²) >= 11 is 0. The second kappa shape index (κ2) is 4.92. The summed E-state index contributed by atoms with van der Waals surface area (Å²) in [5.74, 6) is -1.85. The van der Waals surface area contributed by atoms with Gasteiger partial charge in [0.25, 0.3) is 5.91 Å². The van der Waals surface area contributed by atoms with Crippen molar-refractivity contribution in [2.75, 3.05) is 0 Å². The monoisotopic (exact) mass is 222 g/mol. The average Bonchev–Trinajstić information content (AvgIpc) is 2.25. The SMILES string of the molecule is C/C(=N\NC(=O)c1cccc(O)c1)C(=O)O. The third-order valence-corrected chi connectivity index (χ3v) is 1.74. The van der Waals surface area contributed by atoms with Crippen LogP contribution in [0.15, 0.2) is 29.4 Å². The van der Waals surface area contributed by atoms with E-state index in [0.717, 1.165) is 0 Å². The van der Waals surface area contributed by atoms with E-state index < -0.39 is 11.9 Å². The highest BCUT2D eigenvalue weighted by Crippen LogP contribution is 2.10. The van der Waals surface area contributed by atoms with E-state index >= 15 is 0 Å². The third-order valence-electron chi connectivity index (χ3n) is 1.74. The molecule has 6 nitrogen and oxygen atoms in total. The predicted molar refractivity (Wildman–Crippen MR) is 56.3 cm³/mol. The lowest BCUT2D eigenvalue weighted by Crippen LogP contribution is -2.21. The number of aromatic hydroxyl groups is 1. The highest BCUT2D eigenvalue weighted by atomic mass is 16.4. The summed E-state index contributed by atoms with van der Waals surface area (Å²) in [6.45, 7) is 1.26. The molecule has 0 fully saturated rings. The van der Waals surface area contributed by atoms with Crippen molar-refractivity contribution < 1.29 is 19.8 Å². The summed E-state index contributed by atoms with van der Waals surface area (Å²) in [5, 5.41) is 21.0. The number of nitrogens with one attached hydrogen (secondary N) is 1. The Morgan fingerprint density at radius 1 is 1.38 bits per heavy atom. The van der Waals surface area contributed by atoms with Gasteiger partial charge in [0.05, 0.1) is 0 Å². The third kappa shape index (κ3) is 3.09. The van der Waals surface area contributed by atoms with Gasteiger partial charge in [-0.3, -0.25) is 4.79 Å². The number of phenols is 1. The average molecular weight is 222 g/mol. The molecule has 1 rings (SSSR count). The first kappa shape index (κ1) is 11.7. The number of carbonyl (C=O) groups is 2. The molecule has 6 heteroatoms. The van der Waals surface area contributed by atoms with Crippen molar-refractivity contribution in [3.8, 4) is 5.75 Å². The predicted octanol–water partition coefficient (Wildman–Crippen LogP) is 0.583. The molecule has 0 saturated carbocycles. The molecule has 0 saturated heterocycles. The second-order valence-corrected chi connectivity index (χ2v) is 2.99. The maximum Gasteiger partial charge on any atom is 0.351 e. The largest absolute Gasteiger partial charge is 0.508 e. The Kier molecular flexibility index (Phi) is 3.60. The van der Waals surface area contributed by atoms with Crippen molar-refractivity contribution in [1.82, 2.24) is 5.43 Å². The van der Waals surface area contributed by atoms with Gasteiger partial charge in [0, 0.05) is 5.56 Å². The number of carbonyl (C=O) groups excluding carboxylic acids is 1. The van der Waals surface area contributed by atoms with Crippen LogP contribution >= 0.6 is 0 Å². The first-order valence-corrected chi connectivity index (χ1v) is 4.37. The molecule has 0 spiro atoms. The minimum atomic E-state index is -1.21. The van der Waals surface area contributed by atoms with E-state index in [1.165, 1.54) is 31.2 Å². The standard InChI is InChI=1S/C10H10N2O4/c1-6(10(15)16)11-12-9(14)7-3-2-4-8(13)5-7/h2-5,13H,1H3,(H,12,14)(H,15,16)/b11-6+. The van der Waals surface area contributed by atoms with Gasteiger partial charge in [0.15, 0.2) is 0 Å². The van der Waals surface area contributed by atoms with Gasteiger partial charge in [-0.05, 0) is 25.1 Å². The number of phenolic OH excluding ortho intramolecular Hbond substituents is 1. The molecule has 0 radical (unpaired) electrons. The van der Waals surface area contributed by atoms with E-state index in [1.807, 2.05) is 0 Å². The van der Waals surface area contributed by atoms with Crippen molar-refractivity contribution >= 4 is 17.6 Å². The Labute approximate surface area is 91.2 Å². The molecule has 0 aromatic heterocycles. The van der Waals surface area contributed by atoms with Crippen LogP contribution in [0.2, 0.25) is 0 Å². The molecule has 16 heavy (non-hydrogen) atoms. The number of nitrogens with zero attached hydrogens (tertiary/aromatic N) is 1. The van der Waals surface area contributed by atoms with E-state index in [9.17, 15) is 9.59 Å². The maximum atomic E-state index is 11.4. The van der Waals surface area contributed by atoms with Gasteiger partial charge in [-0.2, -0.15) is 5.10 Å². The van der Waals surface area contributed by atoms with Crippen molar-refractivity contribution in [3.63, 3.8) is 0 Å². The van der Waals surface area contributed by atoms with Gasteiger partial charge in [-0.15, -0.1) is 0 Å². The lowest BCUT2D eigenvalue weighted by Gasteiger charge is -2.00. The van der Waals surface area contributed by atoms with Crippen molar-refractivity contribution in [2.45, 2.75) is 6.92 Å². The first-order chi connectivity index (χ1) is 7.50. The van der Waals surface area contributed by atoms with Crippen LogP contribution in [0.4, 0.5) is 0 Å². The Morgan fingerprint density at radius 2 is 2.06 bits per heavy atom. The second-order valence-electron chi connectivity index (χ2n) is 2.99. The Morgan fingerprint density at radius 3 is 2.62 bits per heavy atom. The van der Waals surface area contributed by atoms with E-state index in [2.05, 4.69) is 10.5 Å². The van der Waals surface area contributed by atoms with Crippen LogP contribution in [0.5, 0.6) is 5.75 Å². The zero-order valence-electron chi connectivity index (χ0n) is 8.47. The fraction of sp³-hybridized carbons (Fsp3) is 0.100. The van der Waals surface area contributed by atoms with E-state index in [4.69, 9.17) is 10.2 Å². The highest BCUT2D eigenvalue weighted by molar-refractivity contribution is 6.34. The van der Waals surface area contributed by atoms with Crippen LogP contribution in [-0.4, -0.2) is 27.8 Å². The molecule has 0 bridgehead atoms. The van der Waals surface area contributed by atoms with Gasteiger partial charge in [0.1, 0.15) is 11.5 Å². The van der Waals surface area contributed by atoms with Gasteiger partial charge in [0.2, 0.25) is 0 Å². The summed E-state index contributed by atoms with van der Waals surface area (Å²) in [6, 6.07) is 5.64. The molecular formula is C10H10N2O4. The summed E-state index contributed by atoms with van der Waals surface area (Å²) in [7, 11) is 0. The Hall–Kier alpha value is -2.37. The fourth-order valence-corrected chi connectivity index (χ4v) is 0.894. The number of hydrogen-bond acceptors (Lipinski definition) is 4. The zero-order valence-corrected chi connectivity index (χ0v) is 8.47. The number of hydrogen-bond donors (Lipinski definition) is 3. The molecular weight excluding hydrogens is 212 g/mol. The summed E-state index contributed by atoms with van der Waals surface area (Å²) in [6.07, 6.45) is 0. The minimum absolute atomic E-state index is 0.0495. The number of aliphatic carboxylic acids is 1.